The SMILES string of the molecule is COc1ccc(C(NCNC(=O)OCCS(=O)(=O)CCOC(=O)Oc2ccc([N+](=O)[O-])cc2)(c2ccccc2)c2ccccc2)cc1. The molecule has 0 atom stereocenters. The molecule has 0 aliphatic heterocycles. The molecule has 4 aromatic carbocycles. The van der Waals surface area contributed by atoms with E-state index >= 15 is 0 Å². The second kappa shape index (κ2) is 16.2. The second-order valence-corrected chi connectivity index (χ2v) is 12.3. The Bertz CT molecular complexity index is 1700. The number of carbonyl (C=O) groups is 2. The molecule has 0 bridgehead atoms. The van der Waals surface area contributed by atoms with E-state index in [1.54, 1.807) is 7.11 Å². The summed E-state index contributed by atoms with van der Waals surface area (Å²) in [5.74, 6) is -0.355. The first-order chi connectivity index (χ1) is 22.6. The third-order valence-electron chi connectivity index (χ3n) is 7.01. The minimum absolute atomic E-state index is 0.00821. The highest BCUT2D eigenvalue weighted by molar-refractivity contribution is 7.91. The van der Waals surface area contributed by atoms with Crippen molar-refractivity contribution >= 4 is 27.8 Å². The number of methoxy groups -OCH3 is 1. The molecule has 246 valence electrons. The monoisotopic (exact) mass is 663 g/mol. The first-order valence-electron chi connectivity index (χ1n) is 14.3. The van der Waals surface area contributed by atoms with Crippen molar-refractivity contribution in [2.24, 2.45) is 0 Å². The number of sulfone groups is 1. The van der Waals surface area contributed by atoms with Gasteiger partial charge in [-0.25, -0.2) is 18.0 Å². The quantitative estimate of drug-likeness (QED) is 0.0447. The molecule has 0 saturated carbocycles. The Kier molecular flexibility index (Phi) is 11.9. The van der Waals surface area contributed by atoms with E-state index in [1.807, 2.05) is 84.9 Å². The molecule has 0 spiro atoms. The van der Waals surface area contributed by atoms with Crippen molar-refractivity contribution in [2.75, 3.05) is 38.5 Å². The van der Waals surface area contributed by atoms with Crippen molar-refractivity contribution in [2.45, 2.75) is 5.54 Å². The molecule has 1 amide bonds. The predicted octanol–water partition coefficient (Wildman–Crippen LogP) is 4.80. The molecule has 4 aromatic rings. The fourth-order valence-electron chi connectivity index (χ4n) is 4.70. The van der Waals surface area contributed by atoms with Gasteiger partial charge in [-0.15, -0.1) is 0 Å². The maximum Gasteiger partial charge on any atom is 0.513 e. The van der Waals surface area contributed by atoms with Gasteiger partial charge in [0.25, 0.3) is 5.69 Å². The topological polar surface area (TPSA) is 172 Å². The number of nitrogens with zero attached hydrogens (tertiary/aromatic N) is 1. The van der Waals surface area contributed by atoms with Gasteiger partial charge in [0.2, 0.25) is 0 Å². The standard InChI is InChI=1S/C33H33N3O10S/c1-43-29-16-12-27(13-17-29)33(25-8-4-2-5-9-25,26-10-6-3-7-11-26)35-24-34-31(37)44-20-22-47(41,42)23-21-45-32(38)46-30-18-14-28(15-19-30)36(39)40/h2-19,35H,20-24H2,1H3,(H,34,37). The Morgan fingerprint density at radius 2 is 1.26 bits per heavy atom. The number of benzene rings is 4. The van der Waals surface area contributed by atoms with Gasteiger partial charge in [0, 0.05) is 12.1 Å². The number of rotatable bonds is 15. The van der Waals surface area contributed by atoms with Crippen LogP contribution in [0.2, 0.25) is 0 Å². The number of nitro groups is 1. The first-order valence-corrected chi connectivity index (χ1v) is 16.2. The second-order valence-electron chi connectivity index (χ2n) is 9.98. The number of non-ortho nitro benzene ring substituents is 1. The van der Waals surface area contributed by atoms with Crippen LogP contribution in [0, 0.1) is 10.1 Å². The molecule has 13 nitrogen and oxygen atoms in total. The summed E-state index contributed by atoms with van der Waals surface area (Å²) >= 11 is 0. The number of carbonyl (C=O) groups excluding carboxylic acids is 2. The summed E-state index contributed by atoms with van der Waals surface area (Å²) in [5, 5.41) is 16.8. The number of amides is 1. The van der Waals surface area contributed by atoms with Gasteiger partial charge in [-0.1, -0.05) is 72.8 Å². The number of nitrogens with one attached hydrogen (secondary N) is 2. The Morgan fingerprint density at radius 1 is 0.745 bits per heavy atom. The van der Waals surface area contributed by atoms with Gasteiger partial charge in [0.15, 0.2) is 9.84 Å². The van der Waals surface area contributed by atoms with E-state index in [-0.39, 0.29) is 18.1 Å². The van der Waals surface area contributed by atoms with Crippen LogP contribution in [0.1, 0.15) is 16.7 Å². The van der Waals surface area contributed by atoms with Crippen molar-refractivity contribution in [1.29, 1.82) is 0 Å². The largest absolute Gasteiger partial charge is 0.513 e. The summed E-state index contributed by atoms with van der Waals surface area (Å²) in [6.45, 7) is -0.967. The lowest BCUT2D eigenvalue weighted by molar-refractivity contribution is -0.384. The van der Waals surface area contributed by atoms with E-state index in [0.29, 0.717) is 5.75 Å². The summed E-state index contributed by atoms with van der Waals surface area (Å²) in [6.07, 6.45) is -2.01. The van der Waals surface area contributed by atoms with Crippen molar-refractivity contribution in [3.63, 3.8) is 0 Å². The first kappa shape index (κ1) is 34.4. The van der Waals surface area contributed by atoms with Crippen molar-refractivity contribution in [3.05, 3.63) is 136 Å². The third kappa shape index (κ3) is 9.51. The van der Waals surface area contributed by atoms with Gasteiger partial charge in [0.05, 0.1) is 35.7 Å². The molecule has 0 radical (unpaired) electrons. The average molecular weight is 664 g/mol. The van der Waals surface area contributed by atoms with Gasteiger partial charge in [-0.05, 0) is 41.0 Å². The highest BCUT2D eigenvalue weighted by Gasteiger charge is 2.36. The van der Waals surface area contributed by atoms with Crippen LogP contribution < -0.4 is 20.1 Å². The van der Waals surface area contributed by atoms with Crippen molar-refractivity contribution in [1.82, 2.24) is 10.6 Å². The number of hydrogen-bond donors (Lipinski definition) is 2. The molecule has 2 N–H and O–H groups in total. The lowest BCUT2D eigenvalue weighted by Crippen LogP contribution is -2.49. The van der Waals surface area contributed by atoms with Gasteiger partial charge < -0.3 is 24.3 Å². The summed E-state index contributed by atoms with van der Waals surface area (Å²) in [4.78, 5) is 34.5. The minimum Gasteiger partial charge on any atom is -0.497 e. The van der Waals surface area contributed by atoms with Crippen LogP contribution in [0.3, 0.4) is 0 Å². The third-order valence-corrected chi connectivity index (χ3v) is 8.59. The molecule has 47 heavy (non-hydrogen) atoms. The molecular weight excluding hydrogens is 630 g/mol. The van der Waals surface area contributed by atoms with Crippen LogP contribution in [0.15, 0.2) is 109 Å². The zero-order valence-electron chi connectivity index (χ0n) is 25.4. The fourth-order valence-corrected chi connectivity index (χ4v) is 5.58. The summed E-state index contributed by atoms with van der Waals surface area (Å²) in [5.41, 5.74) is 1.64. The summed E-state index contributed by atoms with van der Waals surface area (Å²) in [7, 11) is -2.17. The molecule has 0 aliphatic carbocycles. The van der Waals surface area contributed by atoms with Crippen LogP contribution in [0.4, 0.5) is 15.3 Å². The van der Waals surface area contributed by atoms with E-state index < -0.39 is 57.3 Å². The smallest absolute Gasteiger partial charge is 0.497 e. The average Bonchev–Trinajstić information content (AvgIpc) is 3.08. The Balaban J connectivity index is 1.29. The van der Waals surface area contributed by atoms with Crippen LogP contribution in [0.5, 0.6) is 11.5 Å². The fraction of sp³-hybridized carbons (Fsp3) is 0.212. The van der Waals surface area contributed by atoms with E-state index in [1.165, 1.54) is 12.1 Å². The van der Waals surface area contributed by atoms with Gasteiger partial charge >= 0.3 is 12.2 Å². The normalized spacial score (nSPS) is 11.3. The van der Waals surface area contributed by atoms with E-state index in [0.717, 1.165) is 28.8 Å². The van der Waals surface area contributed by atoms with E-state index in [4.69, 9.17) is 18.9 Å². The highest BCUT2D eigenvalue weighted by atomic mass is 32.2. The van der Waals surface area contributed by atoms with E-state index in [2.05, 4.69) is 10.6 Å². The lowest BCUT2D eigenvalue weighted by atomic mass is 9.77. The number of ether oxygens (including phenoxy) is 4. The molecule has 0 aromatic heterocycles. The van der Waals surface area contributed by atoms with Crippen LogP contribution in [0.25, 0.3) is 0 Å². The zero-order valence-corrected chi connectivity index (χ0v) is 26.2. The minimum atomic E-state index is -3.76. The Morgan fingerprint density at radius 3 is 1.79 bits per heavy atom. The maximum absolute atomic E-state index is 12.5. The molecule has 0 saturated heterocycles. The summed E-state index contributed by atoms with van der Waals surface area (Å²) < 4.78 is 44.9. The van der Waals surface area contributed by atoms with Crippen molar-refractivity contribution < 1.29 is 41.9 Å². The highest BCUT2D eigenvalue weighted by Crippen LogP contribution is 2.37. The molecule has 4 rings (SSSR count). The van der Waals surface area contributed by atoms with Gasteiger partial charge in [-0.2, -0.15) is 0 Å². The van der Waals surface area contributed by atoms with E-state index in [9.17, 15) is 28.1 Å². The zero-order chi connectivity index (χ0) is 33.7. The van der Waals surface area contributed by atoms with Crippen molar-refractivity contribution in [3.8, 4) is 11.5 Å². The molecule has 0 unspecified atom stereocenters. The van der Waals surface area contributed by atoms with Crippen LogP contribution >= 0.6 is 0 Å². The maximum atomic E-state index is 12.5. The lowest BCUT2D eigenvalue weighted by Gasteiger charge is -2.37. The molecule has 0 heterocycles. The molecular formula is C33H33N3O10S. The molecule has 0 aliphatic rings. The predicted molar refractivity (Wildman–Crippen MR) is 172 cm³/mol. The number of alkyl carbamates (subject to hydrolysis) is 1. The number of hydrogen-bond acceptors (Lipinski definition) is 11. The Hall–Kier alpha value is -5.47. The van der Waals surface area contributed by atoms with Crippen LogP contribution in [-0.2, 0) is 24.8 Å². The van der Waals surface area contributed by atoms with Crippen LogP contribution in [-0.4, -0.2) is 64.1 Å². The summed E-state index contributed by atoms with van der Waals surface area (Å²) in [6, 6.07) is 31.7. The van der Waals surface area contributed by atoms with Gasteiger partial charge in [-0.3, -0.25) is 15.4 Å². The van der Waals surface area contributed by atoms with Gasteiger partial charge in [0.1, 0.15) is 24.7 Å². The molecule has 14 heteroatoms. The Labute approximate surface area is 271 Å². The molecule has 0 fully saturated rings. The number of nitro benzene ring substituents is 1.